The predicted molar refractivity (Wildman–Crippen MR) is 191 cm³/mol. The van der Waals surface area contributed by atoms with Crippen molar-refractivity contribution in [3.8, 4) is 23.0 Å². The largest absolute Gasteiger partial charge is 0.494 e. The van der Waals surface area contributed by atoms with E-state index in [4.69, 9.17) is 23.7 Å². The standard InChI is InChI=1S/C41H42O9/c1-27(2)39(43)47-23-9-7-6-8-22-46-34-16-13-31(14-17-34)41(45)49-35-19-20-37(29(5)24-35)50-38(42)21-11-30-10-12-33-26-36(18-15-32(33)25-30)48-40(44)28(3)4/h10-21,24-26,28H,1,6-9,22-23H2,2-5H3/b21-11+. The molecule has 0 aliphatic heterocycles. The van der Waals surface area contributed by atoms with Crippen molar-refractivity contribution in [1.82, 2.24) is 0 Å². The van der Waals surface area contributed by atoms with Gasteiger partial charge in [-0.3, -0.25) is 4.79 Å². The van der Waals surface area contributed by atoms with Gasteiger partial charge < -0.3 is 23.7 Å². The third-order valence-electron chi connectivity index (χ3n) is 7.48. The average molecular weight is 679 g/mol. The van der Waals surface area contributed by atoms with Gasteiger partial charge in [-0.2, -0.15) is 0 Å². The molecule has 0 spiro atoms. The van der Waals surface area contributed by atoms with Gasteiger partial charge in [0.15, 0.2) is 0 Å². The van der Waals surface area contributed by atoms with Crippen LogP contribution < -0.4 is 18.9 Å². The summed E-state index contributed by atoms with van der Waals surface area (Å²) in [5, 5.41) is 1.83. The number of aryl methyl sites for hydroxylation is 1. The molecule has 0 saturated heterocycles. The summed E-state index contributed by atoms with van der Waals surface area (Å²) in [5.41, 5.74) is 2.18. The Hall–Kier alpha value is -5.70. The van der Waals surface area contributed by atoms with E-state index in [2.05, 4.69) is 6.58 Å². The first kappa shape index (κ1) is 37.1. The molecule has 0 bridgehead atoms. The smallest absolute Gasteiger partial charge is 0.343 e. The van der Waals surface area contributed by atoms with Crippen LogP contribution in [0.1, 0.15) is 67.9 Å². The number of ether oxygens (including phenoxy) is 5. The SMILES string of the molecule is C=C(C)C(=O)OCCCCCCOc1ccc(C(=O)Oc2ccc(OC(=O)/C=C/c3ccc4cc(OC(=O)C(C)C)ccc4c3)c(C)c2)cc1. The zero-order valence-electron chi connectivity index (χ0n) is 28.9. The lowest BCUT2D eigenvalue weighted by atomic mass is 10.1. The second kappa shape index (κ2) is 18.2. The topological polar surface area (TPSA) is 114 Å². The fourth-order valence-electron chi connectivity index (χ4n) is 4.64. The Balaban J connectivity index is 1.21. The summed E-state index contributed by atoms with van der Waals surface area (Å²) in [7, 11) is 0. The number of fused-ring (bicyclic) bond motifs is 1. The van der Waals surface area contributed by atoms with Crippen molar-refractivity contribution < 1.29 is 42.9 Å². The van der Waals surface area contributed by atoms with Gasteiger partial charge in [0.1, 0.15) is 23.0 Å². The number of hydrogen-bond acceptors (Lipinski definition) is 9. The van der Waals surface area contributed by atoms with Gasteiger partial charge in [0, 0.05) is 11.6 Å². The lowest BCUT2D eigenvalue weighted by Crippen LogP contribution is -2.14. The average Bonchev–Trinajstić information content (AvgIpc) is 3.09. The van der Waals surface area contributed by atoms with Gasteiger partial charge in [0.05, 0.1) is 24.7 Å². The second-order valence-electron chi connectivity index (χ2n) is 12.1. The number of esters is 4. The highest BCUT2D eigenvalue weighted by molar-refractivity contribution is 5.92. The number of carbonyl (C=O) groups is 4. The van der Waals surface area contributed by atoms with E-state index in [1.54, 1.807) is 88.4 Å². The molecule has 0 aromatic heterocycles. The van der Waals surface area contributed by atoms with E-state index < -0.39 is 11.9 Å². The summed E-state index contributed by atoms with van der Waals surface area (Å²) in [4.78, 5) is 48.6. The lowest BCUT2D eigenvalue weighted by Gasteiger charge is -2.10. The molecule has 0 heterocycles. The van der Waals surface area contributed by atoms with Gasteiger partial charge in [-0.15, -0.1) is 0 Å². The molecule has 0 amide bonds. The molecule has 9 nitrogen and oxygen atoms in total. The molecular formula is C41H42O9. The maximum atomic E-state index is 12.7. The van der Waals surface area contributed by atoms with Crippen molar-refractivity contribution in [2.24, 2.45) is 5.92 Å². The zero-order chi connectivity index (χ0) is 36.0. The molecule has 260 valence electrons. The summed E-state index contributed by atoms with van der Waals surface area (Å²) in [5.74, 6) is -0.172. The van der Waals surface area contributed by atoms with Crippen molar-refractivity contribution >= 4 is 40.7 Å². The fourth-order valence-corrected chi connectivity index (χ4v) is 4.64. The van der Waals surface area contributed by atoms with Gasteiger partial charge in [-0.1, -0.05) is 38.6 Å². The van der Waals surface area contributed by atoms with Crippen LogP contribution in [-0.2, 0) is 19.1 Å². The van der Waals surface area contributed by atoms with Crippen LogP contribution in [-0.4, -0.2) is 37.1 Å². The van der Waals surface area contributed by atoms with Gasteiger partial charge in [0.25, 0.3) is 0 Å². The predicted octanol–water partition coefficient (Wildman–Crippen LogP) is 8.61. The Morgan fingerprint density at radius 1 is 0.720 bits per heavy atom. The van der Waals surface area contributed by atoms with Crippen LogP contribution in [0.2, 0.25) is 0 Å². The van der Waals surface area contributed by atoms with Crippen LogP contribution in [0.15, 0.2) is 97.1 Å². The van der Waals surface area contributed by atoms with E-state index >= 15 is 0 Å². The third-order valence-corrected chi connectivity index (χ3v) is 7.48. The van der Waals surface area contributed by atoms with Gasteiger partial charge in [-0.25, -0.2) is 14.4 Å². The van der Waals surface area contributed by atoms with E-state index in [1.165, 1.54) is 6.08 Å². The summed E-state index contributed by atoms with van der Waals surface area (Å²) < 4.78 is 27.3. The van der Waals surface area contributed by atoms with E-state index in [-0.39, 0.29) is 17.9 Å². The Kier molecular flexibility index (Phi) is 13.5. The highest BCUT2D eigenvalue weighted by Crippen LogP contribution is 2.26. The lowest BCUT2D eigenvalue weighted by molar-refractivity contribution is -0.139. The molecule has 0 N–H and O–H groups in total. The highest BCUT2D eigenvalue weighted by atomic mass is 16.5. The molecule has 0 radical (unpaired) electrons. The summed E-state index contributed by atoms with van der Waals surface area (Å²) >= 11 is 0. The molecule has 0 fully saturated rings. The van der Waals surface area contributed by atoms with E-state index in [1.807, 2.05) is 24.3 Å². The Morgan fingerprint density at radius 2 is 1.36 bits per heavy atom. The minimum absolute atomic E-state index is 0.221. The number of rotatable bonds is 16. The summed E-state index contributed by atoms with van der Waals surface area (Å²) in [6.07, 6.45) is 6.51. The molecule has 4 aromatic rings. The van der Waals surface area contributed by atoms with Crippen molar-refractivity contribution in [1.29, 1.82) is 0 Å². The quantitative estimate of drug-likeness (QED) is 0.0497. The van der Waals surface area contributed by atoms with Crippen LogP contribution >= 0.6 is 0 Å². The van der Waals surface area contributed by atoms with E-state index in [9.17, 15) is 19.2 Å². The number of hydrogen-bond donors (Lipinski definition) is 0. The maximum Gasteiger partial charge on any atom is 0.343 e. The van der Waals surface area contributed by atoms with Crippen molar-refractivity contribution in [3.05, 3.63) is 114 Å². The zero-order valence-corrected chi connectivity index (χ0v) is 28.9. The summed E-state index contributed by atoms with van der Waals surface area (Å²) in [6, 6.07) is 22.5. The number of carbonyl (C=O) groups excluding carboxylic acids is 4. The van der Waals surface area contributed by atoms with Crippen LogP contribution in [0.25, 0.3) is 16.8 Å². The summed E-state index contributed by atoms with van der Waals surface area (Å²) in [6.45, 7) is 11.4. The van der Waals surface area contributed by atoms with Crippen LogP contribution in [0.4, 0.5) is 0 Å². The van der Waals surface area contributed by atoms with Crippen molar-refractivity contribution in [2.45, 2.75) is 53.4 Å². The molecule has 0 atom stereocenters. The van der Waals surface area contributed by atoms with Crippen molar-refractivity contribution in [2.75, 3.05) is 13.2 Å². The fraction of sp³-hybridized carbons (Fsp3) is 0.268. The first-order chi connectivity index (χ1) is 24.0. The Bertz CT molecular complexity index is 1870. The van der Waals surface area contributed by atoms with Crippen LogP contribution in [0, 0.1) is 12.8 Å². The first-order valence-electron chi connectivity index (χ1n) is 16.5. The van der Waals surface area contributed by atoms with Gasteiger partial charge in [-0.05, 0) is 128 Å². The van der Waals surface area contributed by atoms with Crippen LogP contribution in [0.3, 0.4) is 0 Å². The monoisotopic (exact) mass is 678 g/mol. The molecule has 0 saturated carbocycles. The Morgan fingerprint density at radius 3 is 2.06 bits per heavy atom. The molecule has 0 aliphatic rings. The minimum Gasteiger partial charge on any atom is -0.494 e. The Labute approximate surface area is 292 Å². The van der Waals surface area contributed by atoms with Crippen molar-refractivity contribution in [3.63, 3.8) is 0 Å². The normalized spacial score (nSPS) is 11.0. The molecule has 4 rings (SSSR count). The number of benzene rings is 4. The third kappa shape index (κ3) is 11.5. The first-order valence-corrected chi connectivity index (χ1v) is 16.5. The second-order valence-corrected chi connectivity index (χ2v) is 12.1. The number of unbranched alkanes of at least 4 members (excludes halogenated alkanes) is 3. The molecule has 0 aliphatic carbocycles. The minimum atomic E-state index is -0.558. The molecule has 9 heteroatoms. The molecule has 4 aromatic carbocycles. The van der Waals surface area contributed by atoms with Crippen LogP contribution in [0.5, 0.6) is 23.0 Å². The maximum absolute atomic E-state index is 12.7. The molecular weight excluding hydrogens is 636 g/mol. The molecule has 0 unspecified atom stereocenters. The van der Waals surface area contributed by atoms with E-state index in [0.717, 1.165) is 42.0 Å². The van der Waals surface area contributed by atoms with Gasteiger partial charge in [0.2, 0.25) is 0 Å². The van der Waals surface area contributed by atoms with E-state index in [0.29, 0.717) is 52.9 Å². The van der Waals surface area contributed by atoms with Gasteiger partial charge >= 0.3 is 23.9 Å². The highest BCUT2D eigenvalue weighted by Gasteiger charge is 2.13. The molecule has 50 heavy (non-hydrogen) atoms.